The van der Waals surface area contributed by atoms with E-state index in [1.165, 1.54) is 11.3 Å². The van der Waals surface area contributed by atoms with E-state index in [0.717, 1.165) is 59.0 Å². The molecule has 0 amide bonds. The van der Waals surface area contributed by atoms with Gasteiger partial charge in [-0.2, -0.15) is 0 Å². The highest BCUT2D eigenvalue weighted by atomic mass is 32.1. The van der Waals surface area contributed by atoms with Crippen LogP contribution in [-0.2, 0) is 23.2 Å². The van der Waals surface area contributed by atoms with Crippen LogP contribution in [0.15, 0.2) is 16.1 Å². The van der Waals surface area contributed by atoms with E-state index in [4.69, 9.17) is 13.6 Å². The molecule has 0 aliphatic carbocycles. The quantitative estimate of drug-likeness (QED) is 0.0692. The first-order valence-corrected chi connectivity index (χ1v) is 25.4. The Morgan fingerprint density at radius 2 is 1.63 bits per heavy atom. The number of rotatable bonds is 13. The summed E-state index contributed by atoms with van der Waals surface area (Å²) < 4.78 is 20.5. The lowest BCUT2D eigenvalue weighted by molar-refractivity contribution is -0.154. The summed E-state index contributed by atoms with van der Waals surface area (Å²) in [4.78, 5) is 36.7. The van der Waals surface area contributed by atoms with Gasteiger partial charge in [0.15, 0.2) is 16.6 Å². The average Bonchev–Trinajstić information content (AvgIpc) is 3.53. The number of aliphatic hydroxyl groups excluding tert-OH is 1. The number of hydrogen-bond acceptors (Lipinski definition) is 9. The molecule has 1 saturated heterocycles. The van der Waals surface area contributed by atoms with Gasteiger partial charge in [-0.1, -0.05) is 80.8 Å². The van der Waals surface area contributed by atoms with Crippen molar-refractivity contribution >= 4 is 45.8 Å². The fourth-order valence-corrected chi connectivity index (χ4v) is 14.2. The van der Waals surface area contributed by atoms with Crippen molar-refractivity contribution in [2.24, 2.45) is 22.4 Å². The van der Waals surface area contributed by atoms with E-state index in [2.05, 4.69) is 63.5 Å². The Balaban J connectivity index is 2.74. The Morgan fingerprint density at radius 3 is 2.14 bits per heavy atom. The molecule has 2 rings (SSSR count). The largest absolute Gasteiger partial charge is 0.458 e. The molecule has 1 aromatic heterocycles. The number of aromatic nitrogens is 1. The van der Waals surface area contributed by atoms with Crippen LogP contribution in [0.25, 0.3) is 16.5 Å². The number of carbonyl (C=O) groups is 2. The minimum Gasteiger partial charge on any atom is -0.458 e. The smallest absolute Gasteiger partial charge is 0.309 e. The zero-order valence-electron chi connectivity index (χ0n) is 33.7. The molecule has 1 fully saturated rings. The van der Waals surface area contributed by atoms with Gasteiger partial charge >= 0.3 is 5.97 Å². The van der Waals surface area contributed by atoms with Gasteiger partial charge in [0.1, 0.15) is 11.9 Å². The predicted octanol–water partition coefficient (Wildman–Crippen LogP) is 10.4. The highest BCUT2D eigenvalue weighted by Gasteiger charge is 2.48. The molecule has 13 heteroatoms. The molecule has 1 aliphatic rings. The Morgan fingerprint density at radius 1 is 1.06 bits per heavy atom. The minimum absolute atomic E-state index is 0.0357. The maximum Gasteiger partial charge on any atom is 0.309 e. The Bertz CT molecular complexity index is 1320. The van der Waals surface area contributed by atoms with Gasteiger partial charge in [0.25, 0.3) is 0 Å². The lowest BCUT2D eigenvalue weighted by atomic mass is 9.73. The second kappa shape index (κ2) is 20.6. The maximum atomic E-state index is 14.9. The number of ether oxygens (including phenoxy) is 1. The predicted molar refractivity (Wildman–Crippen MR) is 214 cm³/mol. The van der Waals surface area contributed by atoms with E-state index in [9.17, 15) is 20.2 Å². The summed E-state index contributed by atoms with van der Waals surface area (Å²) in [6.45, 7) is 24.8. The summed E-state index contributed by atoms with van der Waals surface area (Å²) in [5.41, 5.74) is 10.00. The van der Waals surface area contributed by atoms with Crippen molar-refractivity contribution in [2.45, 2.75) is 182 Å². The van der Waals surface area contributed by atoms with Crippen molar-refractivity contribution in [3.05, 3.63) is 32.1 Å². The summed E-state index contributed by atoms with van der Waals surface area (Å²) in [7, 11) is -4.41. The molecule has 7 atom stereocenters. The molecule has 0 radical (unpaired) electrons. The summed E-state index contributed by atoms with van der Waals surface area (Å²) in [6.07, 6.45) is 0.938. The number of azide groups is 1. The number of hydrogen-bond donors (Lipinski definition) is 1. The van der Waals surface area contributed by atoms with Crippen LogP contribution >= 0.6 is 11.3 Å². The van der Waals surface area contributed by atoms with Gasteiger partial charge in [-0.15, -0.1) is 11.3 Å². The van der Waals surface area contributed by atoms with Crippen molar-refractivity contribution in [3.8, 4) is 0 Å². The third kappa shape index (κ3) is 12.1. The Hall–Kier alpha value is -1.87. The van der Waals surface area contributed by atoms with Crippen molar-refractivity contribution < 1.29 is 28.3 Å². The van der Waals surface area contributed by atoms with Crippen molar-refractivity contribution in [3.63, 3.8) is 0 Å². The van der Waals surface area contributed by atoms with Gasteiger partial charge < -0.3 is 18.7 Å². The summed E-state index contributed by atoms with van der Waals surface area (Å²) in [6, 6.07) is 4.69. The normalized spacial score (nSPS) is 27.9. The number of carbonyl (C=O) groups excluding carboxylic acids is 2. The van der Waals surface area contributed by atoms with Crippen LogP contribution in [0, 0.1) is 24.2 Å². The summed E-state index contributed by atoms with van der Waals surface area (Å²) >= 11 is 1.53. The number of cyclic esters (lactones) is 1. The van der Waals surface area contributed by atoms with Crippen LogP contribution < -0.4 is 0 Å². The first-order chi connectivity index (χ1) is 24.0. The van der Waals surface area contributed by atoms with Gasteiger partial charge in [-0.3, -0.25) is 9.59 Å². The maximum absolute atomic E-state index is 14.9. The molecular formula is C38H68N4O6SSi2. The SMILES string of the molecule is CC[Si](CC)(CC)O[C@H]1CC(=O)OC(C(C)=Cc2csc(C)n2)C[C@H](N=[N+]=[N-])[C@@H](O)CCCC(C)[C@H](O[Si](CC)(CC)CC)[C@@H](C)C(=O)C1(C)C. The lowest BCUT2D eigenvalue weighted by Gasteiger charge is -2.44. The first-order valence-electron chi connectivity index (χ1n) is 19.4. The van der Waals surface area contributed by atoms with Gasteiger partial charge in [-0.25, -0.2) is 4.98 Å². The van der Waals surface area contributed by atoms with E-state index in [0.29, 0.717) is 12.8 Å². The lowest BCUT2D eigenvalue weighted by Crippen LogP contribution is -2.53. The fourth-order valence-electron chi connectivity index (χ4n) is 7.67. The van der Waals surface area contributed by atoms with Gasteiger partial charge in [0.05, 0.1) is 41.5 Å². The number of ketones is 1. The van der Waals surface area contributed by atoms with Crippen LogP contribution in [0.4, 0.5) is 0 Å². The minimum atomic E-state index is -2.29. The fraction of sp³-hybridized carbons (Fsp3) is 0.816. The van der Waals surface area contributed by atoms with Crippen LogP contribution in [0.5, 0.6) is 0 Å². The van der Waals surface area contributed by atoms with E-state index >= 15 is 0 Å². The molecule has 10 nitrogen and oxygen atoms in total. The van der Waals surface area contributed by atoms with E-state index in [-0.39, 0.29) is 30.6 Å². The molecule has 51 heavy (non-hydrogen) atoms. The molecule has 2 unspecified atom stereocenters. The monoisotopic (exact) mass is 764 g/mol. The molecule has 2 heterocycles. The number of Topliss-reactive ketones (excluding diaryl/α,β-unsaturated/α-hetero) is 1. The highest BCUT2D eigenvalue weighted by Crippen LogP contribution is 2.40. The molecular weight excluding hydrogens is 697 g/mol. The molecule has 290 valence electrons. The van der Waals surface area contributed by atoms with E-state index < -0.39 is 58.3 Å². The van der Waals surface area contributed by atoms with Gasteiger partial charge in [-0.05, 0) is 92.5 Å². The molecule has 1 N–H and O–H groups in total. The number of nitrogens with zero attached hydrogens (tertiary/aromatic N) is 4. The van der Waals surface area contributed by atoms with Gasteiger partial charge in [0, 0.05) is 21.6 Å². The number of aliphatic hydroxyl groups is 1. The third-order valence-corrected chi connectivity index (χ3v) is 22.0. The zero-order valence-corrected chi connectivity index (χ0v) is 36.5. The average molecular weight is 765 g/mol. The first kappa shape index (κ1) is 45.3. The van der Waals surface area contributed by atoms with E-state index in [1.807, 2.05) is 46.1 Å². The number of aryl methyl sites for hydroxylation is 1. The standard InChI is InChI=1S/C38H68N4O6SSi2/c1-13-50(14-2,15-3)47-34-24-35(44)46-33(27(8)22-30-25-49-29(10)40-30)23-31(41-42-39)32(43)21-19-20-26(7)36(28(9)37(45)38(34,11)12)48-51(16-4,17-5)18-6/h22,25-26,28,31-34,36,43H,13-21,23-24H2,1-12H3/t26?,28-,31+,32+,33?,34+,36+/m1/s1. The molecule has 1 aromatic rings. The number of esters is 1. The molecule has 0 bridgehead atoms. The van der Waals surface area contributed by atoms with Crippen LogP contribution in [0.1, 0.15) is 119 Å². The van der Waals surface area contributed by atoms with Crippen LogP contribution in [-0.4, -0.2) is 68.9 Å². The summed E-state index contributed by atoms with van der Waals surface area (Å²) in [5, 5.41) is 18.3. The van der Waals surface area contributed by atoms with Crippen molar-refractivity contribution in [1.29, 1.82) is 0 Å². The summed E-state index contributed by atoms with van der Waals surface area (Å²) in [5.74, 6) is -0.864. The van der Waals surface area contributed by atoms with Crippen LogP contribution in [0.2, 0.25) is 36.3 Å². The Labute approximate surface area is 314 Å². The number of thiazole rings is 1. The molecule has 1 aliphatic heterocycles. The second-order valence-electron chi connectivity index (χ2n) is 15.4. The topological polar surface area (TPSA) is 144 Å². The van der Waals surface area contributed by atoms with Crippen LogP contribution in [0.3, 0.4) is 0 Å². The second-order valence-corrected chi connectivity index (χ2v) is 25.9. The molecule has 0 spiro atoms. The van der Waals surface area contributed by atoms with Gasteiger partial charge in [0.2, 0.25) is 0 Å². The third-order valence-electron chi connectivity index (χ3n) is 12.0. The Kier molecular flexibility index (Phi) is 18.3. The molecule has 0 saturated carbocycles. The van der Waals surface area contributed by atoms with Crippen molar-refractivity contribution in [2.75, 3.05) is 0 Å². The highest BCUT2D eigenvalue weighted by molar-refractivity contribution is 7.09. The van der Waals surface area contributed by atoms with Crippen molar-refractivity contribution in [1.82, 2.24) is 4.98 Å². The zero-order chi connectivity index (χ0) is 38.6. The van der Waals surface area contributed by atoms with E-state index in [1.54, 1.807) is 0 Å². The molecule has 0 aromatic carbocycles.